The number of fused-ring (bicyclic) bond motifs is 1. The third-order valence-electron chi connectivity index (χ3n) is 3.31. The predicted octanol–water partition coefficient (Wildman–Crippen LogP) is 2.29. The molecular formula is C16H23N3O. The number of nitrogens with zero attached hydrogens (tertiary/aromatic N) is 3. The summed E-state index contributed by atoms with van der Waals surface area (Å²) in [4.78, 5) is 16.5. The molecule has 1 aromatic heterocycles. The molecule has 4 nitrogen and oxygen atoms in total. The Morgan fingerprint density at radius 2 is 1.80 bits per heavy atom. The number of benzene rings is 1. The molecule has 0 amide bonds. The van der Waals surface area contributed by atoms with Gasteiger partial charge in [-0.05, 0) is 34.3 Å². The molecule has 2 aromatic rings. The molecule has 108 valence electrons. The molecule has 4 heteroatoms. The fourth-order valence-electron chi connectivity index (χ4n) is 2.35. The van der Waals surface area contributed by atoms with Crippen molar-refractivity contribution in [2.45, 2.75) is 13.1 Å². The molecular weight excluding hydrogens is 250 g/mol. The number of rotatable bonds is 6. The van der Waals surface area contributed by atoms with Crippen LogP contribution in [0.1, 0.15) is 16.8 Å². The maximum absolute atomic E-state index is 12.4. The number of para-hydroxylation sites is 1. The highest BCUT2D eigenvalue weighted by atomic mass is 16.1. The lowest BCUT2D eigenvalue weighted by Gasteiger charge is -2.11. The van der Waals surface area contributed by atoms with Gasteiger partial charge in [0.25, 0.3) is 0 Å². The third-order valence-corrected chi connectivity index (χ3v) is 3.31. The largest absolute Gasteiger partial charge is 0.333 e. The summed E-state index contributed by atoms with van der Waals surface area (Å²) >= 11 is 0. The number of hydrogen-bond donors (Lipinski definition) is 0. The van der Waals surface area contributed by atoms with Crippen LogP contribution in [-0.4, -0.2) is 54.9 Å². The van der Waals surface area contributed by atoms with Gasteiger partial charge in [0.2, 0.25) is 0 Å². The summed E-state index contributed by atoms with van der Waals surface area (Å²) in [6.07, 6.45) is 2.55. The number of aromatic nitrogens is 1. The van der Waals surface area contributed by atoms with E-state index < -0.39 is 0 Å². The van der Waals surface area contributed by atoms with Gasteiger partial charge in [-0.2, -0.15) is 0 Å². The molecule has 1 aromatic carbocycles. The van der Waals surface area contributed by atoms with E-state index in [0.717, 1.165) is 29.7 Å². The Bertz CT molecular complexity index is 599. The van der Waals surface area contributed by atoms with E-state index in [1.807, 2.05) is 57.5 Å². The second-order valence-electron chi connectivity index (χ2n) is 5.73. The van der Waals surface area contributed by atoms with E-state index in [4.69, 9.17) is 0 Å². The first-order valence-corrected chi connectivity index (χ1v) is 6.89. The lowest BCUT2D eigenvalue weighted by molar-refractivity contribution is 0.0974. The zero-order valence-corrected chi connectivity index (χ0v) is 12.8. The van der Waals surface area contributed by atoms with Crippen LogP contribution in [0.3, 0.4) is 0 Å². The molecule has 0 spiro atoms. The second-order valence-corrected chi connectivity index (χ2v) is 5.73. The summed E-state index contributed by atoms with van der Waals surface area (Å²) in [5.74, 6) is 0.215. The van der Waals surface area contributed by atoms with E-state index in [2.05, 4.69) is 15.5 Å². The quantitative estimate of drug-likeness (QED) is 0.756. The maximum Gasteiger partial charge on any atom is 0.166 e. The van der Waals surface area contributed by atoms with Gasteiger partial charge in [0.1, 0.15) is 0 Å². The van der Waals surface area contributed by atoms with Gasteiger partial charge in [0, 0.05) is 35.6 Å². The molecule has 0 bridgehead atoms. The van der Waals surface area contributed by atoms with Crippen molar-refractivity contribution in [3.8, 4) is 0 Å². The normalized spacial score (nSPS) is 11.7. The minimum atomic E-state index is 0.215. The van der Waals surface area contributed by atoms with Crippen molar-refractivity contribution in [1.29, 1.82) is 0 Å². The molecule has 0 aliphatic rings. The highest BCUT2D eigenvalue weighted by Crippen LogP contribution is 2.22. The van der Waals surface area contributed by atoms with Crippen molar-refractivity contribution in [1.82, 2.24) is 14.4 Å². The Hall–Kier alpha value is -1.65. The van der Waals surface area contributed by atoms with Crippen LogP contribution in [0, 0.1) is 0 Å². The molecule has 1 heterocycles. The van der Waals surface area contributed by atoms with Crippen LogP contribution >= 0.6 is 0 Å². The van der Waals surface area contributed by atoms with Crippen LogP contribution in [0.15, 0.2) is 30.5 Å². The summed E-state index contributed by atoms with van der Waals surface area (Å²) in [6.45, 7) is 1.56. The van der Waals surface area contributed by atoms with E-state index >= 15 is 0 Å². The van der Waals surface area contributed by atoms with Crippen LogP contribution in [-0.2, 0) is 6.67 Å². The average molecular weight is 273 g/mol. The van der Waals surface area contributed by atoms with E-state index in [1.165, 1.54) is 0 Å². The highest BCUT2D eigenvalue weighted by Gasteiger charge is 2.15. The van der Waals surface area contributed by atoms with E-state index in [9.17, 15) is 4.79 Å². The van der Waals surface area contributed by atoms with E-state index in [1.54, 1.807) is 0 Å². The fourth-order valence-corrected chi connectivity index (χ4v) is 2.35. The summed E-state index contributed by atoms with van der Waals surface area (Å²) < 4.78 is 2.14. The number of Topliss-reactive ketones (excluding diaryl/α,β-unsaturated/α-hetero) is 1. The van der Waals surface area contributed by atoms with Crippen molar-refractivity contribution in [3.05, 3.63) is 36.0 Å². The van der Waals surface area contributed by atoms with Crippen LogP contribution in [0.25, 0.3) is 10.9 Å². The van der Waals surface area contributed by atoms with Gasteiger partial charge in [0.05, 0.1) is 6.67 Å². The van der Waals surface area contributed by atoms with Crippen molar-refractivity contribution in [3.63, 3.8) is 0 Å². The monoisotopic (exact) mass is 273 g/mol. The number of carbonyl (C=O) groups is 1. The minimum Gasteiger partial charge on any atom is -0.333 e. The Balaban J connectivity index is 2.35. The fraction of sp³-hybridized carbons (Fsp3) is 0.438. The van der Waals surface area contributed by atoms with Crippen LogP contribution in [0.4, 0.5) is 0 Å². The van der Waals surface area contributed by atoms with Gasteiger partial charge >= 0.3 is 0 Å². The lowest BCUT2D eigenvalue weighted by atomic mass is 10.1. The average Bonchev–Trinajstić information content (AvgIpc) is 2.74. The van der Waals surface area contributed by atoms with Crippen molar-refractivity contribution in [2.24, 2.45) is 0 Å². The van der Waals surface area contributed by atoms with Crippen LogP contribution in [0.2, 0.25) is 0 Å². The SMILES string of the molecule is CN(C)CCC(=O)c1cn(CN(C)C)c2ccccc12. The second kappa shape index (κ2) is 6.20. The molecule has 0 saturated carbocycles. The summed E-state index contributed by atoms with van der Waals surface area (Å²) in [5.41, 5.74) is 1.96. The zero-order chi connectivity index (χ0) is 14.7. The molecule has 0 N–H and O–H groups in total. The Morgan fingerprint density at radius 3 is 2.45 bits per heavy atom. The summed E-state index contributed by atoms with van der Waals surface area (Å²) in [5, 5.41) is 1.05. The standard InChI is InChI=1S/C16H23N3O/c1-17(2)10-9-16(20)14-11-19(12-18(3)4)15-8-6-5-7-13(14)15/h5-8,11H,9-10,12H2,1-4H3. The first-order chi connectivity index (χ1) is 9.49. The van der Waals surface area contributed by atoms with E-state index in [0.29, 0.717) is 6.42 Å². The zero-order valence-electron chi connectivity index (χ0n) is 12.8. The van der Waals surface area contributed by atoms with Crippen molar-refractivity contribution < 1.29 is 4.79 Å². The molecule has 0 fully saturated rings. The number of ketones is 1. The topological polar surface area (TPSA) is 28.5 Å². The first kappa shape index (κ1) is 14.8. The Morgan fingerprint density at radius 1 is 1.10 bits per heavy atom. The predicted molar refractivity (Wildman–Crippen MR) is 83.1 cm³/mol. The Kier molecular flexibility index (Phi) is 4.57. The van der Waals surface area contributed by atoms with E-state index in [-0.39, 0.29) is 5.78 Å². The summed E-state index contributed by atoms with van der Waals surface area (Å²) in [7, 11) is 8.04. The van der Waals surface area contributed by atoms with Crippen molar-refractivity contribution >= 4 is 16.7 Å². The number of carbonyl (C=O) groups excluding carboxylic acids is 1. The summed E-state index contributed by atoms with van der Waals surface area (Å²) in [6, 6.07) is 8.11. The molecule has 0 aliphatic carbocycles. The molecule has 20 heavy (non-hydrogen) atoms. The Labute approximate surface area is 120 Å². The van der Waals surface area contributed by atoms with Gasteiger partial charge in [0.15, 0.2) is 5.78 Å². The van der Waals surface area contributed by atoms with Gasteiger partial charge in [-0.15, -0.1) is 0 Å². The van der Waals surface area contributed by atoms with Crippen LogP contribution < -0.4 is 0 Å². The molecule has 0 radical (unpaired) electrons. The van der Waals surface area contributed by atoms with Gasteiger partial charge in [-0.25, -0.2) is 0 Å². The highest BCUT2D eigenvalue weighted by molar-refractivity contribution is 6.08. The smallest absolute Gasteiger partial charge is 0.166 e. The van der Waals surface area contributed by atoms with Crippen molar-refractivity contribution in [2.75, 3.05) is 34.7 Å². The van der Waals surface area contributed by atoms with Gasteiger partial charge in [-0.1, -0.05) is 18.2 Å². The van der Waals surface area contributed by atoms with Gasteiger partial charge in [-0.3, -0.25) is 9.69 Å². The minimum absolute atomic E-state index is 0.215. The van der Waals surface area contributed by atoms with Crippen LogP contribution in [0.5, 0.6) is 0 Å². The molecule has 2 rings (SSSR count). The third kappa shape index (κ3) is 3.26. The molecule has 0 unspecified atom stereocenters. The molecule has 0 aliphatic heterocycles. The van der Waals surface area contributed by atoms with Gasteiger partial charge < -0.3 is 9.47 Å². The molecule has 0 atom stereocenters. The maximum atomic E-state index is 12.4. The first-order valence-electron chi connectivity index (χ1n) is 6.89. The number of hydrogen-bond acceptors (Lipinski definition) is 3. The lowest BCUT2D eigenvalue weighted by Crippen LogP contribution is -2.17. The molecule has 0 saturated heterocycles.